The molecule has 2 heteroatoms. The molecule has 0 spiro atoms. The van der Waals surface area contributed by atoms with Crippen molar-refractivity contribution in [3.05, 3.63) is 42.0 Å². The second kappa shape index (κ2) is 5.69. The van der Waals surface area contributed by atoms with Crippen LogP contribution in [0.5, 0.6) is 0 Å². The highest BCUT2D eigenvalue weighted by Gasteiger charge is 2.01. The first-order valence-corrected chi connectivity index (χ1v) is 5.18. The number of rotatable bonds is 5. The van der Waals surface area contributed by atoms with E-state index in [1.807, 2.05) is 38.1 Å². The maximum absolute atomic E-state index is 9.23. The van der Waals surface area contributed by atoms with Gasteiger partial charge < -0.3 is 9.84 Å². The van der Waals surface area contributed by atoms with Crippen LogP contribution in [0.3, 0.4) is 0 Å². The summed E-state index contributed by atoms with van der Waals surface area (Å²) >= 11 is 0. The molecule has 0 aliphatic heterocycles. The van der Waals surface area contributed by atoms with Gasteiger partial charge in [0.05, 0.1) is 6.61 Å². The van der Waals surface area contributed by atoms with Crippen molar-refractivity contribution < 1.29 is 9.84 Å². The molecule has 1 aromatic rings. The summed E-state index contributed by atoms with van der Waals surface area (Å²) in [5.74, 6) is 0. The second-order valence-electron chi connectivity index (χ2n) is 3.65. The van der Waals surface area contributed by atoms with Gasteiger partial charge in [0, 0.05) is 0 Å². The molecule has 0 radical (unpaired) electrons. The second-order valence-corrected chi connectivity index (χ2v) is 3.65. The summed E-state index contributed by atoms with van der Waals surface area (Å²) in [5.41, 5.74) is 3.25. The van der Waals surface area contributed by atoms with Crippen molar-refractivity contribution >= 4 is 5.57 Å². The van der Waals surface area contributed by atoms with E-state index in [-0.39, 0.29) is 0 Å². The average Bonchev–Trinajstić information content (AvgIpc) is 2.26. The molecule has 1 N–H and O–H groups in total. The van der Waals surface area contributed by atoms with Gasteiger partial charge in [0.1, 0.15) is 0 Å². The van der Waals surface area contributed by atoms with Crippen molar-refractivity contribution in [1.82, 2.24) is 0 Å². The standard InChI is InChI=1S/C13H18O2/c1-4-13(14)15-9-11-5-7-12(8-6-11)10(2)3/h5-8,13-14H,2,4,9H2,1,3H3. The third-order valence-corrected chi connectivity index (χ3v) is 2.24. The van der Waals surface area contributed by atoms with E-state index in [4.69, 9.17) is 4.74 Å². The van der Waals surface area contributed by atoms with E-state index < -0.39 is 6.29 Å². The first kappa shape index (κ1) is 12.0. The molecular formula is C13H18O2. The quantitative estimate of drug-likeness (QED) is 0.750. The van der Waals surface area contributed by atoms with Crippen LogP contribution < -0.4 is 0 Å². The number of hydrogen-bond acceptors (Lipinski definition) is 2. The van der Waals surface area contributed by atoms with Crippen LogP contribution in [0.1, 0.15) is 31.4 Å². The first-order chi connectivity index (χ1) is 7.13. The molecule has 1 unspecified atom stereocenters. The summed E-state index contributed by atoms with van der Waals surface area (Å²) in [6.45, 7) is 8.18. The molecule has 1 aromatic carbocycles. The average molecular weight is 206 g/mol. The van der Waals surface area contributed by atoms with Crippen molar-refractivity contribution in [2.24, 2.45) is 0 Å². The molecule has 0 aliphatic carbocycles. The normalized spacial score (nSPS) is 12.5. The van der Waals surface area contributed by atoms with Crippen LogP contribution >= 0.6 is 0 Å². The van der Waals surface area contributed by atoms with Crippen LogP contribution in [0.25, 0.3) is 5.57 Å². The molecule has 0 saturated heterocycles. The van der Waals surface area contributed by atoms with Crippen LogP contribution in [-0.2, 0) is 11.3 Å². The van der Waals surface area contributed by atoms with E-state index >= 15 is 0 Å². The number of hydrogen-bond donors (Lipinski definition) is 1. The van der Waals surface area contributed by atoms with Gasteiger partial charge in [-0.15, -0.1) is 0 Å². The number of aliphatic hydroxyl groups excluding tert-OH is 1. The molecule has 1 rings (SSSR count). The highest BCUT2D eigenvalue weighted by Crippen LogP contribution is 2.13. The van der Waals surface area contributed by atoms with Gasteiger partial charge >= 0.3 is 0 Å². The Kier molecular flexibility index (Phi) is 4.53. The van der Waals surface area contributed by atoms with Gasteiger partial charge in [-0.3, -0.25) is 0 Å². The fourth-order valence-corrected chi connectivity index (χ4v) is 1.20. The molecule has 0 aromatic heterocycles. The molecule has 82 valence electrons. The maximum Gasteiger partial charge on any atom is 0.154 e. The maximum atomic E-state index is 9.23. The van der Waals surface area contributed by atoms with Gasteiger partial charge in [-0.05, 0) is 24.5 Å². The third-order valence-electron chi connectivity index (χ3n) is 2.24. The Morgan fingerprint density at radius 1 is 1.40 bits per heavy atom. The van der Waals surface area contributed by atoms with Gasteiger partial charge in [0.2, 0.25) is 0 Å². The van der Waals surface area contributed by atoms with Crippen LogP contribution in [-0.4, -0.2) is 11.4 Å². The predicted molar refractivity (Wildman–Crippen MR) is 62.2 cm³/mol. The summed E-state index contributed by atoms with van der Waals surface area (Å²) in [6.07, 6.45) is -0.0464. The summed E-state index contributed by atoms with van der Waals surface area (Å²) in [7, 11) is 0. The molecule has 0 heterocycles. The number of benzene rings is 1. The Hall–Kier alpha value is -1.12. The van der Waals surface area contributed by atoms with Crippen molar-refractivity contribution in [2.45, 2.75) is 33.2 Å². The van der Waals surface area contributed by atoms with Crippen LogP contribution in [0.4, 0.5) is 0 Å². The molecule has 0 bridgehead atoms. The van der Waals surface area contributed by atoms with Crippen molar-refractivity contribution in [1.29, 1.82) is 0 Å². The van der Waals surface area contributed by atoms with Crippen LogP contribution in [0.15, 0.2) is 30.8 Å². The zero-order valence-corrected chi connectivity index (χ0v) is 9.36. The minimum absolute atomic E-state index is 0.450. The molecule has 0 saturated carbocycles. The predicted octanol–water partition coefficient (Wildman–Crippen LogP) is 2.96. The Balaban J connectivity index is 2.53. The highest BCUT2D eigenvalue weighted by atomic mass is 16.6. The molecule has 0 aliphatic rings. The summed E-state index contributed by atoms with van der Waals surface area (Å²) in [6, 6.07) is 8.01. The topological polar surface area (TPSA) is 29.5 Å². The lowest BCUT2D eigenvalue weighted by Crippen LogP contribution is -2.09. The number of ether oxygens (including phenoxy) is 1. The van der Waals surface area contributed by atoms with Gasteiger partial charge in [0.15, 0.2) is 6.29 Å². The fraction of sp³-hybridized carbons (Fsp3) is 0.385. The number of allylic oxidation sites excluding steroid dienone is 1. The SMILES string of the molecule is C=C(C)c1ccc(COC(O)CC)cc1. The van der Waals surface area contributed by atoms with Crippen LogP contribution in [0, 0.1) is 0 Å². The van der Waals surface area contributed by atoms with Gasteiger partial charge in [-0.25, -0.2) is 0 Å². The Morgan fingerprint density at radius 2 is 2.00 bits per heavy atom. The van der Waals surface area contributed by atoms with Crippen molar-refractivity contribution in [2.75, 3.05) is 0 Å². The Morgan fingerprint density at radius 3 is 2.47 bits per heavy atom. The zero-order valence-electron chi connectivity index (χ0n) is 9.36. The highest BCUT2D eigenvalue weighted by molar-refractivity contribution is 5.61. The van der Waals surface area contributed by atoms with E-state index in [2.05, 4.69) is 6.58 Å². The molecular weight excluding hydrogens is 188 g/mol. The molecule has 15 heavy (non-hydrogen) atoms. The lowest BCUT2D eigenvalue weighted by molar-refractivity contribution is -0.109. The summed E-state index contributed by atoms with van der Waals surface area (Å²) < 4.78 is 5.21. The Bertz CT molecular complexity index is 314. The minimum Gasteiger partial charge on any atom is -0.368 e. The summed E-state index contributed by atoms with van der Waals surface area (Å²) in [4.78, 5) is 0. The van der Waals surface area contributed by atoms with E-state index in [1.54, 1.807) is 0 Å². The van der Waals surface area contributed by atoms with Crippen LogP contribution in [0.2, 0.25) is 0 Å². The Labute approximate surface area is 91.2 Å². The summed E-state index contributed by atoms with van der Waals surface area (Å²) in [5, 5.41) is 9.23. The van der Waals surface area contributed by atoms with Crippen molar-refractivity contribution in [3.8, 4) is 0 Å². The smallest absolute Gasteiger partial charge is 0.154 e. The van der Waals surface area contributed by atoms with Crippen molar-refractivity contribution in [3.63, 3.8) is 0 Å². The largest absolute Gasteiger partial charge is 0.368 e. The van der Waals surface area contributed by atoms with E-state index in [1.165, 1.54) is 0 Å². The minimum atomic E-state index is -0.661. The number of aliphatic hydroxyl groups is 1. The van der Waals surface area contributed by atoms with Gasteiger partial charge in [-0.1, -0.05) is 43.3 Å². The first-order valence-electron chi connectivity index (χ1n) is 5.18. The van der Waals surface area contributed by atoms with E-state index in [0.29, 0.717) is 13.0 Å². The zero-order chi connectivity index (χ0) is 11.3. The molecule has 0 fully saturated rings. The monoisotopic (exact) mass is 206 g/mol. The van der Waals surface area contributed by atoms with Gasteiger partial charge in [-0.2, -0.15) is 0 Å². The lowest BCUT2D eigenvalue weighted by atomic mass is 10.1. The molecule has 2 nitrogen and oxygen atoms in total. The third kappa shape index (κ3) is 3.86. The molecule has 1 atom stereocenters. The lowest BCUT2D eigenvalue weighted by Gasteiger charge is -2.09. The fourth-order valence-electron chi connectivity index (χ4n) is 1.20. The van der Waals surface area contributed by atoms with E-state index in [9.17, 15) is 5.11 Å². The van der Waals surface area contributed by atoms with E-state index in [0.717, 1.165) is 16.7 Å². The van der Waals surface area contributed by atoms with Gasteiger partial charge in [0.25, 0.3) is 0 Å². The molecule has 0 amide bonds.